The lowest BCUT2D eigenvalue weighted by molar-refractivity contribution is -0.120. The van der Waals surface area contributed by atoms with Crippen molar-refractivity contribution < 1.29 is 4.79 Å². The van der Waals surface area contributed by atoms with Gasteiger partial charge in [-0.1, -0.05) is 19.4 Å². The van der Waals surface area contributed by atoms with Gasteiger partial charge in [0.15, 0.2) is 0 Å². The Morgan fingerprint density at radius 3 is 2.94 bits per heavy atom. The van der Waals surface area contributed by atoms with Gasteiger partial charge in [0, 0.05) is 5.92 Å². The summed E-state index contributed by atoms with van der Waals surface area (Å²) in [7, 11) is 0. The lowest BCUT2D eigenvalue weighted by atomic mass is 9.97. The molecule has 0 saturated heterocycles. The van der Waals surface area contributed by atoms with Gasteiger partial charge in [0.1, 0.15) is 10.4 Å². The molecule has 1 aliphatic rings. The van der Waals surface area contributed by atoms with E-state index in [1.54, 1.807) is 0 Å². The van der Waals surface area contributed by atoms with Gasteiger partial charge >= 0.3 is 0 Å². The Hall–Kier alpha value is -0.900. The normalized spacial score (nSPS) is 24.4. The topological polar surface area (TPSA) is 42.0 Å². The molecule has 1 saturated carbocycles. The van der Waals surface area contributed by atoms with Gasteiger partial charge < -0.3 is 5.32 Å². The molecule has 86 valence electrons. The van der Waals surface area contributed by atoms with Crippen molar-refractivity contribution in [1.82, 2.24) is 4.98 Å². The number of rotatable bonds is 2. The van der Waals surface area contributed by atoms with Gasteiger partial charge in [0.25, 0.3) is 0 Å². The number of carbonyl (C=O) groups excluding carboxylic acids is 1. The maximum Gasteiger partial charge on any atom is 0.228 e. The van der Waals surface area contributed by atoms with E-state index >= 15 is 0 Å². The molecule has 3 nitrogen and oxygen atoms in total. The van der Waals surface area contributed by atoms with Gasteiger partial charge in [-0.05, 0) is 46.8 Å². The monoisotopic (exact) mass is 282 g/mol. The third-order valence-corrected chi connectivity index (χ3v) is 3.61. The van der Waals surface area contributed by atoms with E-state index in [0.717, 1.165) is 23.9 Å². The van der Waals surface area contributed by atoms with E-state index in [2.05, 4.69) is 33.2 Å². The second-order valence-electron chi connectivity index (χ2n) is 4.35. The van der Waals surface area contributed by atoms with Crippen molar-refractivity contribution in [2.24, 2.45) is 11.8 Å². The van der Waals surface area contributed by atoms with Gasteiger partial charge in [-0.2, -0.15) is 0 Å². The molecule has 16 heavy (non-hydrogen) atoms. The molecule has 0 aliphatic heterocycles. The molecular weight excluding hydrogens is 268 g/mol. The smallest absolute Gasteiger partial charge is 0.228 e. The van der Waals surface area contributed by atoms with E-state index in [1.807, 2.05) is 18.2 Å². The Kier molecular flexibility index (Phi) is 3.59. The van der Waals surface area contributed by atoms with E-state index in [1.165, 1.54) is 0 Å². The number of aromatic nitrogens is 1. The summed E-state index contributed by atoms with van der Waals surface area (Å²) in [6.07, 6.45) is 3.32. The first-order valence-electron chi connectivity index (χ1n) is 5.60. The number of carbonyl (C=O) groups is 1. The molecule has 0 bridgehead atoms. The van der Waals surface area contributed by atoms with Gasteiger partial charge in [0.2, 0.25) is 5.91 Å². The zero-order valence-corrected chi connectivity index (χ0v) is 10.8. The average Bonchev–Trinajstić information content (AvgIpc) is 2.64. The zero-order chi connectivity index (χ0) is 11.5. The van der Waals surface area contributed by atoms with Crippen molar-refractivity contribution in [1.29, 1.82) is 0 Å². The number of anilines is 1. The summed E-state index contributed by atoms with van der Waals surface area (Å²) in [6, 6.07) is 5.51. The molecule has 2 atom stereocenters. The fraction of sp³-hybridized carbons (Fsp3) is 0.500. The number of hydrogen-bond donors (Lipinski definition) is 1. The molecule has 1 fully saturated rings. The van der Waals surface area contributed by atoms with E-state index in [0.29, 0.717) is 11.7 Å². The third kappa shape index (κ3) is 2.61. The molecular formula is C12H15BrN2O. The highest BCUT2D eigenvalue weighted by atomic mass is 79.9. The van der Waals surface area contributed by atoms with Crippen LogP contribution in [0.25, 0.3) is 0 Å². The highest BCUT2D eigenvalue weighted by Gasteiger charge is 2.29. The first kappa shape index (κ1) is 11.6. The number of halogens is 1. The maximum atomic E-state index is 12.0. The minimum absolute atomic E-state index is 0.107. The number of nitrogens with zero attached hydrogens (tertiary/aromatic N) is 1. The third-order valence-electron chi connectivity index (χ3n) is 3.16. The van der Waals surface area contributed by atoms with Crippen LogP contribution in [0.15, 0.2) is 22.8 Å². The quantitative estimate of drug-likeness (QED) is 0.847. The molecule has 1 heterocycles. The molecule has 1 aliphatic carbocycles. The van der Waals surface area contributed by atoms with E-state index in [9.17, 15) is 4.79 Å². The molecule has 2 rings (SSSR count). The van der Waals surface area contributed by atoms with Crippen molar-refractivity contribution >= 4 is 27.7 Å². The number of amides is 1. The predicted molar refractivity (Wildman–Crippen MR) is 67.1 cm³/mol. The molecule has 1 aromatic heterocycles. The summed E-state index contributed by atoms with van der Waals surface area (Å²) < 4.78 is 0.741. The van der Waals surface area contributed by atoms with Crippen molar-refractivity contribution in [3.63, 3.8) is 0 Å². The van der Waals surface area contributed by atoms with E-state index < -0.39 is 0 Å². The molecule has 0 aromatic carbocycles. The van der Waals surface area contributed by atoms with Crippen molar-refractivity contribution in [2.75, 3.05) is 5.32 Å². The fourth-order valence-electron chi connectivity index (χ4n) is 2.23. The fourth-order valence-corrected chi connectivity index (χ4v) is 2.58. The van der Waals surface area contributed by atoms with E-state index in [4.69, 9.17) is 0 Å². The van der Waals surface area contributed by atoms with Crippen LogP contribution in [0.4, 0.5) is 5.82 Å². The summed E-state index contributed by atoms with van der Waals surface area (Å²) >= 11 is 3.29. The van der Waals surface area contributed by atoms with Crippen LogP contribution in [0.3, 0.4) is 0 Å². The standard InChI is InChI=1S/C12H15BrN2O/c1-8-4-2-5-9(8)12(16)15-11-7-3-6-10(13)14-11/h3,6-9H,2,4-5H2,1H3,(H,14,15,16). The highest BCUT2D eigenvalue weighted by molar-refractivity contribution is 9.10. The van der Waals surface area contributed by atoms with E-state index in [-0.39, 0.29) is 11.8 Å². The van der Waals surface area contributed by atoms with Crippen LogP contribution in [0.5, 0.6) is 0 Å². The lowest BCUT2D eigenvalue weighted by Crippen LogP contribution is -2.24. The Morgan fingerprint density at radius 1 is 1.50 bits per heavy atom. The van der Waals surface area contributed by atoms with Gasteiger partial charge in [-0.25, -0.2) is 4.98 Å². The van der Waals surface area contributed by atoms with Gasteiger partial charge in [0.05, 0.1) is 0 Å². The van der Waals surface area contributed by atoms with Crippen LogP contribution >= 0.6 is 15.9 Å². The largest absolute Gasteiger partial charge is 0.310 e. The molecule has 4 heteroatoms. The number of nitrogens with one attached hydrogen (secondary N) is 1. The minimum Gasteiger partial charge on any atom is -0.310 e. The molecule has 0 radical (unpaired) electrons. The van der Waals surface area contributed by atoms with Crippen molar-refractivity contribution in [3.8, 4) is 0 Å². The second-order valence-corrected chi connectivity index (χ2v) is 5.16. The van der Waals surface area contributed by atoms with Crippen LogP contribution in [0, 0.1) is 11.8 Å². The molecule has 1 amide bonds. The summed E-state index contributed by atoms with van der Waals surface area (Å²) in [6.45, 7) is 2.14. The Morgan fingerprint density at radius 2 is 2.31 bits per heavy atom. The van der Waals surface area contributed by atoms with Crippen LogP contribution in [0.1, 0.15) is 26.2 Å². The molecule has 2 unspecified atom stereocenters. The summed E-state index contributed by atoms with van der Waals surface area (Å²) in [5.74, 6) is 1.38. The Balaban J connectivity index is 2.02. The summed E-state index contributed by atoms with van der Waals surface area (Å²) in [4.78, 5) is 16.2. The average molecular weight is 283 g/mol. The second kappa shape index (κ2) is 4.95. The first-order chi connectivity index (χ1) is 7.66. The zero-order valence-electron chi connectivity index (χ0n) is 9.24. The maximum absolute atomic E-state index is 12.0. The molecule has 1 N–H and O–H groups in total. The van der Waals surface area contributed by atoms with Gasteiger partial charge in [-0.3, -0.25) is 4.79 Å². The lowest BCUT2D eigenvalue weighted by Gasteiger charge is -2.14. The number of pyridine rings is 1. The van der Waals surface area contributed by atoms with Gasteiger partial charge in [-0.15, -0.1) is 0 Å². The van der Waals surface area contributed by atoms with Crippen LogP contribution < -0.4 is 5.32 Å². The molecule has 0 spiro atoms. The molecule has 1 aromatic rings. The number of hydrogen-bond acceptors (Lipinski definition) is 2. The highest BCUT2D eigenvalue weighted by Crippen LogP contribution is 2.31. The SMILES string of the molecule is CC1CCCC1C(=O)Nc1cccc(Br)n1. The van der Waals surface area contributed by atoms with Crippen molar-refractivity contribution in [2.45, 2.75) is 26.2 Å². The van der Waals surface area contributed by atoms with Crippen LogP contribution in [0.2, 0.25) is 0 Å². The Bertz CT molecular complexity index is 394. The first-order valence-corrected chi connectivity index (χ1v) is 6.39. The van der Waals surface area contributed by atoms with Crippen molar-refractivity contribution in [3.05, 3.63) is 22.8 Å². The summed E-state index contributed by atoms with van der Waals surface area (Å²) in [5, 5.41) is 2.88. The van der Waals surface area contributed by atoms with Crippen LogP contribution in [-0.2, 0) is 4.79 Å². The minimum atomic E-state index is 0.107. The summed E-state index contributed by atoms with van der Waals surface area (Å²) in [5.41, 5.74) is 0. The predicted octanol–water partition coefficient (Wildman–Crippen LogP) is 3.22. The van der Waals surface area contributed by atoms with Crippen LogP contribution in [-0.4, -0.2) is 10.9 Å². The Labute approximate surface area is 104 Å².